The molecule has 336 valence electrons. The van der Waals surface area contributed by atoms with Gasteiger partial charge in [0.05, 0.1) is 0 Å². The van der Waals surface area contributed by atoms with Crippen LogP contribution in [0.2, 0.25) is 0 Å². The normalized spacial score (nSPS) is 50.3. The van der Waals surface area contributed by atoms with Crippen molar-refractivity contribution in [2.75, 3.05) is 0 Å². The highest BCUT2D eigenvalue weighted by atomic mass is 16.7. The summed E-state index contributed by atoms with van der Waals surface area (Å²) in [6.07, 6.45) is 18.6. The van der Waals surface area contributed by atoms with Crippen molar-refractivity contribution < 1.29 is 33.8 Å². The minimum atomic E-state index is -2.35. The summed E-state index contributed by atoms with van der Waals surface area (Å²) in [4.78, 5) is 55.6. The van der Waals surface area contributed by atoms with Gasteiger partial charge in [-0.15, -0.1) is 0 Å². The predicted molar refractivity (Wildman–Crippen MR) is 242 cm³/mol. The van der Waals surface area contributed by atoms with Crippen molar-refractivity contribution in [3.8, 4) is 11.5 Å². The number of carbonyl (C=O) groups is 4. The Bertz CT molecular complexity index is 2540. The Labute approximate surface area is 375 Å². The van der Waals surface area contributed by atoms with Crippen LogP contribution in [0.15, 0.2) is 52.7 Å². The molecule has 6 fully saturated rings. The van der Waals surface area contributed by atoms with Crippen LogP contribution in [0.4, 0.5) is 0 Å². The molecule has 0 bridgehead atoms. The van der Waals surface area contributed by atoms with Crippen molar-refractivity contribution in [3.63, 3.8) is 0 Å². The number of carbonyl (C=O) groups excluding carboxylic acids is 4. The summed E-state index contributed by atoms with van der Waals surface area (Å²) in [7, 11) is 0. The van der Waals surface area contributed by atoms with Gasteiger partial charge in [-0.3, -0.25) is 19.2 Å². The van der Waals surface area contributed by atoms with Gasteiger partial charge in [0.1, 0.15) is 11.6 Å². The monoisotopic (exact) mass is 855 g/mol. The third kappa shape index (κ3) is 4.63. The number of benzene rings is 1. The summed E-state index contributed by atoms with van der Waals surface area (Å²) in [5, 5.41) is 12.7. The first kappa shape index (κ1) is 42.1. The number of ketones is 4. The maximum Gasteiger partial charge on any atom is 0.317 e. The lowest BCUT2D eigenvalue weighted by Gasteiger charge is -2.69. The van der Waals surface area contributed by atoms with Gasteiger partial charge >= 0.3 is 5.79 Å². The Morgan fingerprint density at radius 2 is 1.16 bits per heavy atom. The first-order valence-electron chi connectivity index (χ1n) is 24.5. The van der Waals surface area contributed by atoms with Gasteiger partial charge in [0, 0.05) is 52.2 Å². The Morgan fingerprint density at radius 3 is 1.73 bits per heavy atom. The van der Waals surface area contributed by atoms with Crippen molar-refractivity contribution in [2.45, 2.75) is 177 Å². The molecule has 0 saturated heterocycles. The number of ether oxygens (including phenoxy) is 2. The van der Waals surface area contributed by atoms with Gasteiger partial charge in [-0.25, -0.2) is 0 Å². The van der Waals surface area contributed by atoms with E-state index in [2.05, 4.69) is 81.4 Å². The molecule has 1 aromatic carbocycles. The first-order valence-corrected chi connectivity index (χ1v) is 24.5. The number of fused-ring (bicyclic) bond motifs is 17. The lowest BCUT2D eigenvalue weighted by Crippen LogP contribution is -2.70. The molecule has 7 heteroatoms. The fraction of sp³-hybridized carbons (Fsp3) is 0.679. The second-order valence-corrected chi connectivity index (χ2v) is 25.3. The maximum atomic E-state index is 14.7. The average molecular weight is 855 g/mol. The highest BCUT2D eigenvalue weighted by molar-refractivity contribution is 6.10. The summed E-state index contributed by atoms with van der Waals surface area (Å²) in [5.74, 6) is -0.543. The molecule has 6 saturated carbocycles. The van der Waals surface area contributed by atoms with Gasteiger partial charge in [-0.2, -0.15) is 0 Å². The van der Waals surface area contributed by atoms with E-state index >= 15 is 0 Å². The maximum absolute atomic E-state index is 14.7. The van der Waals surface area contributed by atoms with E-state index in [-0.39, 0.29) is 55.9 Å². The van der Waals surface area contributed by atoms with Crippen LogP contribution in [0.25, 0.3) is 0 Å². The molecule has 0 spiro atoms. The molecule has 1 N–H and O–H groups in total. The molecule has 63 heavy (non-hydrogen) atoms. The smallest absolute Gasteiger partial charge is 0.317 e. The molecule has 7 nitrogen and oxygen atoms in total. The topological polar surface area (TPSA) is 107 Å². The second-order valence-electron chi connectivity index (χ2n) is 25.3. The molecule has 0 amide bonds. The van der Waals surface area contributed by atoms with Crippen LogP contribution in [0, 0.1) is 68.5 Å². The van der Waals surface area contributed by atoms with Gasteiger partial charge in [0.2, 0.25) is 11.4 Å². The summed E-state index contributed by atoms with van der Waals surface area (Å²) >= 11 is 0. The van der Waals surface area contributed by atoms with Crippen molar-refractivity contribution in [1.29, 1.82) is 0 Å². The van der Waals surface area contributed by atoms with E-state index in [1.165, 1.54) is 11.1 Å². The quantitative estimate of drug-likeness (QED) is 0.277. The molecule has 1 aromatic rings. The summed E-state index contributed by atoms with van der Waals surface area (Å²) in [6, 6.07) is 2.02. The molecule has 0 radical (unpaired) electrons. The number of aliphatic hydroxyl groups is 1. The van der Waals surface area contributed by atoms with Crippen LogP contribution in [0.1, 0.15) is 175 Å². The molecule has 0 unspecified atom stereocenters. The molecular formula is C56H70O7. The van der Waals surface area contributed by atoms with Crippen LogP contribution in [0.3, 0.4) is 0 Å². The molecule has 1 heterocycles. The Kier molecular flexibility index (Phi) is 8.05. The van der Waals surface area contributed by atoms with Crippen LogP contribution in [-0.2, 0) is 19.8 Å². The fourth-order valence-corrected chi connectivity index (χ4v) is 17.9. The van der Waals surface area contributed by atoms with Gasteiger partial charge in [0.25, 0.3) is 0 Å². The summed E-state index contributed by atoms with van der Waals surface area (Å²) in [5.41, 5.74) is 3.27. The Hall–Kier alpha value is -3.58. The predicted octanol–water partition coefficient (Wildman–Crippen LogP) is 11.4. The van der Waals surface area contributed by atoms with E-state index in [4.69, 9.17) is 9.47 Å². The zero-order valence-corrected chi connectivity index (χ0v) is 40.1. The van der Waals surface area contributed by atoms with Crippen LogP contribution in [-0.4, -0.2) is 39.6 Å². The average Bonchev–Trinajstić information content (AvgIpc) is 3.21. The van der Waals surface area contributed by atoms with Crippen molar-refractivity contribution >= 4 is 23.1 Å². The minimum absolute atomic E-state index is 0.00928. The van der Waals surface area contributed by atoms with Crippen molar-refractivity contribution in [2.24, 2.45) is 61.6 Å². The Morgan fingerprint density at radius 1 is 0.619 bits per heavy atom. The molecule has 14 atom stereocenters. The largest absolute Gasteiger partial charge is 0.471 e. The molecule has 9 aliphatic carbocycles. The van der Waals surface area contributed by atoms with Crippen molar-refractivity contribution in [1.82, 2.24) is 0 Å². The van der Waals surface area contributed by atoms with E-state index in [1.807, 2.05) is 26.0 Å². The fourth-order valence-electron chi connectivity index (χ4n) is 17.9. The van der Waals surface area contributed by atoms with Crippen LogP contribution in [0.5, 0.6) is 11.5 Å². The third-order valence-electron chi connectivity index (χ3n) is 22.5. The molecule has 1 aliphatic heterocycles. The number of hydrogen-bond donors (Lipinski definition) is 1. The molecular weight excluding hydrogens is 785 g/mol. The zero-order valence-electron chi connectivity index (χ0n) is 40.1. The number of allylic oxidation sites excluding steroid dienone is 5. The number of rotatable bonds is 0. The lowest BCUT2D eigenvalue weighted by atomic mass is 9.35. The molecule has 10 aliphatic rings. The molecule has 0 aromatic heterocycles. The van der Waals surface area contributed by atoms with Crippen LogP contribution < -0.4 is 9.47 Å². The van der Waals surface area contributed by atoms with E-state index < -0.39 is 28.0 Å². The first-order chi connectivity index (χ1) is 29.2. The number of hydrogen-bond acceptors (Lipinski definition) is 7. The highest BCUT2D eigenvalue weighted by Crippen LogP contribution is 2.77. The van der Waals surface area contributed by atoms with Crippen molar-refractivity contribution in [3.05, 3.63) is 69.4 Å². The van der Waals surface area contributed by atoms with E-state index in [9.17, 15) is 24.3 Å². The van der Waals surface area contributed by atoms with Crippen LogP contribution >= 0.6 is 0 Å². The highest BCUT2D eigenvalue weighted by Gasteiger charge is 2.72. The minimum Gasteiger partial charge on any atom is -0.471 e. The van der Waals surface area contributed by atoms with Gasteiger partial charge < -0.3 is 14.6 Å². The van der Waals surface area contributed by atoms with Gasteiger partial charge in [-0.1, -0.05) is 87.0 Å². The number of Topliss-reactive ketones (excluding diaryl/α,β-unsaturated/α-hetero) is 2. The summed E-state index contributed by atoms with van der Waals surface area (Å²) < 4.78 is 13.8. The van der Waals surface area contributed by atoms with E-state index in [0.29, 0.717) is 53.1 Å². The SMILES string of the molecule is Cc1c2c(cc3c1C(=O)C=C1[C@@]3(C)CC[C@@]3(C)[C@@H]4C[C@@H](C)C(=O)C[C@]4(C)CC[C@]13C)O[C@@]1(C)C3=CC=C4[C@@](C)(CC[C@@]5(C)[C@@H]6C[C@@H](C)C(=O)C[C@]6(C)CC[C@]45C)C3=CC(=O)[C@@]1(O)O2. The van der Waals surface area contributed by atoms with E-state index in [1.54, 1.807) is 6.08 Å². The second kappa shape index (κ2) is 12.1. The van der Waals surface area contributed by atoms with Gasteiger partial charge in [-0.05, 0) is 157 Å². The lowest BCUT2D eigenvalue weighted by molar-refractivity contribution is -0.231. The summed E-state index contributed by atoms with van der Waals surface area (Å²) in [6.45, 7) is 27.0. The third-order valence-corrected chi connectivity index (χ3v) is 22.5. The van der Waals surface area contributed by atoms with E-state index in [0.717, 1.165) is 80.9 Å². The Balaban J connectivity index is 0.996. The van der Waals surface area contributed by atoms with Gasteiger partial charge in [0.15, 0.2) is 17.3 Å². The standard InChI is InChI=1S/C56H70O7/c1-30-23-41-47(4,28-37(30)58)15-19-51(8)40-14-13-33-34(49(40,6)17-21-52(41,51)9)26-44(60)56(61)55(33,12)62-39-25-35-45(32(3)46(39)63-56)36(57)27-43-50(35,7)18-22-53(10)42-24-31(2)38(59)29-48(42,5)16-20-54(43,53)11/h13-14,25-27,30-31,41-42,61H,15-24,28-29H2,1-12H3/t30-,31-,41-,42-,47+,48+,49+,50+,51-,52+,53+,54-,55+,56-/m1/s1. The zero-order chi connectivity index (χ0) is 45.2. The molecule has 11 rings (SSSR count).